The van der Waals surface area contributed by atoms with Crippen molar-refractivity contribution in [2.45, 2.75) is 16.6 Å². The largest absolute Gasteiger partial charge is 0.326 e. The van der Waals surface area contributed by atoms with E-state index < -0.39 is 5.25 Å². The number of amides is 2. The number of para-hydroxylation sites is 1. The van der Waals surface area contributed by atoms with Crippen LogP contribution in [0, 0.1) is 0 Å². The van der Waals surface area contributed by atoms with E-state index in [2.05, 4.69) is 20.6 Å². The third-order valence-corrected chi connectivity index (χ3v) is 6.05. The van der Waals surface area contributed by atoms with Gasteiger partial charge in [0.2, 0.25) is 17.6 Å². The summed E-state index contributed by atoms with van der Waals surface area (Å²) in [4.78, 5) is 34.5. The number of carbonyl (C=O) groups is 2. The van der Waals surface area contributed by atoms with Gasteiger partial charge in [-0.2, -0.15) is 0 Å². The van der Waals surface area contributed by atoms with Gasteiger partial charge >= 0.3 is 0 Å². The Morgan fingerprint density at radius 2 is 1.97 bits per heavy atom. The molecule has 30 heavy (non-hydrogen) atoms. The lowest BCUT2D eigenvalue weighted by Gasteiger charge is -2.23. The Balaban J connectivity index is 1.25. The van der Waals surface area contributed by atoms with Crippen LogP contribution in [0.2, 0.25) is 0 Å². The van der Waals surface area contributed by atoms with E-state index in [0.717, 1.165) is 21.8 Å². The monoisotopic (exact) mass is 415 g/mol. The molecule has 0 bridgehead atoms. The number of nitrogens with zero attached hydrogens (tertiary/aromatic N) is 3. The van der Waals surface area contributed by atoms with Crippen LogP contribution in [-0.4, -0.2) is 31.4 Å². The summed E-state index contributed by atoms with van der Waals surface area (Å²) in [5.41, 5.74) is 3.20. The molecule has 0 fully saturated rings. The van der Waals surface area contributed by atoms with Crippen molar-refractivity contribution in [1.82, 2.24) is 14.4 Å². The lowest BCUT2D eigenvalue weighted by Crippen LogP contribution is -2.32. The molecule has 1 aliphatic heterocycles. The van der Waals surface area contributed by atoms with Gasteiger partial charge in [0.1, 0.15) is 0 Å². The zero-order valence-electron chi connectivity index (χ0n) is 15.8. The Kier molecular flexibility index (Phi) is 4.68. The molecule has 4 aromatic rings. The van der Waals surface area contributed by atoms with Crippen molar-refractivity contribution in [2.24, 2.45) is 0 Å². The lowest BCUT2D eigenvalue weighted by atomic mass is 10.1. The highest BCUT2D eigenvalue weighted by atomic mass is 32.2. The summed E-state index contributed by atoms with van der Waals surface area (Å²) in [5.74, 6) is 0.283. The van der Waals surface area contributed by atoms with E-state index in [4.69, 9.17) is 0 Å². The normalized spacial score (nSPS) is 15.5. The van der Waals surface area contributed by atoms with E-state index in [1.807, 2.05) is 71.4 Å². The second kappa shape index (κ2) is 7.64. The van der Waals surface area contributed by atoms with Crippen molar-refractivity contribution in [2.75, 3.05) is 10.6 Å². The highest BCUT2D eigenvalue weighted by molar-refractivity contribution is 8.01. The maximum atomic E-state index is 12.5. The molecule has 0 radical (unpaired) electrons. The Morgan fingerprint density at radius 3 is 2.80 bits per heavy atom. The standard InChI is InChI=1S/C22H17N5O2S/c28-20(12-19-21(29)25-16-4-1-2-5-18(16)30-19)24-15-8-6-14(7-9-15)17-13-27-11-3-10-23-22(27)26-17/h1-11,13,19H,12H2,(H,24,28)(H,25,29). The second-order valence-electron chi connectivity index (χ2n) is 6.87. The maximum absolute atomic E-state index is 12.5. The van der Waals surface area contributed by atoms with Gasteiger partial charge in [0.25, 0.3) is 0 Å². The topological polar surface area (TPSA) is 88.4 Å². The average Bonchev–Trinajstić information content (AvgIpc) is 3.19. The second-order valence-corrected chi connectivity index (χ2v) is 8.12. The fraction of sp³-hybridized carbons (Fsp3) is 0.0909. The summed E-state index contributed by atoms with van der Waals surface area (Å²) in [6.45, 7) is 0. The zero-order chi connectivity index (χ0) is 20.5. The molecule has 0 saturated heterocycles. The zero-order valence-corrected chi connectivity index (χ0v) is 16.6. The predicted octanol–water partition coefficient (Wildman–Crippen LogP) is 3.84. The van der Waals surface area contributed by atoms with Crippen LogP contribution in [-0.2, 0) is 9.59 Å². The van der Waals surface area contributed by atoms with Crippen LogP contribution in [0.1, 0.15) is 6.42 Å². The first-order valence-corrected chi connectivity index (χ1v) is 10.3. The molecule has 2 amide bonds. The van der Waals surface area contributed by atoms with Gasteiger partial charge in [0, 0.05) is 41.2 Å². The minimum atomic E-state index is -0.454. The first kappa shape index (κ1) is 18.4. The van der Waals surface area contributed by atoms with Crippen LogP contribution in [0.4, 0.5) is 11.4 Å². The summed E-state index contributed by atoms with van der Waals surface area (Å²) >= 11 is 1.42. The van der Waals surface area contributed by atoms with E-state index in [9.17, 15) is 9.59 Å². The Labute approximate surface area is 176 Å². The molecule has 5 rings (SSSR count). The molecule has 8 heteroatoms. The number of nitrogens with one attached hydrogen (secondary N) is 2. The molecular weight excluding hydrogens is 398 g/mol. The number of fused-ring (bicyclic) bond motifs is 2. The summed E-state index contributed by atoms with van der Waals surface area (Å²) < 4.78 is 1.86. The van der Waals surface area contributed by atoms with Crippen molar-refractivity contribution in [3.63, 3.8) is 0 Å². The molecule has 1 aliphatic rings. The molecule has 2 aromatic carbocycles. The highest BCUT2D eigenvalue weighted by Crippen LogP contribution is 2.36. The van der Waals surface area contributed by atoms with E-state index in [1.54, 1.807) is 6.20 Å². The molecule has 1 atom stereocenters. The number of carbonyl (C=O) groups excluding carboxylic acids is 2. The van der Waals surface area contributed by atoms with Gasteiger partial charge in [-0.25, -0.2) is 9.97 Å². The van der Waals surface area contributed by atoms with Crippen molar-refractivity contribution < 1.29 is 9.59 Å². The van der Waals surface area contributed by atoms with Crippen molar-refractivity contribution in [3.8, 4) is 11.3 Å². The molecule has 1 unspecified atom stereocenters. The van der Waals surface area contributed by atoms with Gasteiger partial charge in [-0.05, 0) is 30.3 Å². The van der Waals surface area contributed by atoms with Crippen molar-refractivity contribution >= 4 is 40.7 Å². The number of hydrogen-bond acceptors (Lipinski definition) is 5. The number of hydrogen-bond donors (Lipinski definition) is 2. The van der Waals surface area contributed by atoms with E-state index >= 15 is 0 Å². The Hall–Kier alpha value is -3.65. The predicted molar refractivity (Wildman–Crippen MR) is 116 cm³/mol. The van der Waals surface area contributed by atoms with Crippen molar-refractivity contribution in [3.05, 3.63) is 73.2 Å². The van der Waals surface area contributed by atoms with E-state index in [1.165, 1.54) is 11.8 Å². The minimum Gasteiger partial charge on any atom is -0.326 e. The maximum Gasteiger partial charge on any atom is 0.238 e. The quantitative estimate of drug-likeness (QED) is 0.529. The van der Waals surface area contributed by atoms with Crippen LogP contribution >= 0.6 is 11.8 Å². The van der Waals surface area contributed by atoms with E-state index in [0.29, 0.717) is 11.5 Å². The average molecular weight is 415 g/mol. The number of rotatable bonds is 4. The van der Waals surface area contributed by atoms with Crippen LogP contribution in [0.3, 0.4) is 0 Å². The molecule has 3 heterocycles. The van der Waals surface area contributed by atoms with Crippen LogP contribution < -0.4 is 10.6 Å². The Morgan fingerprint density at radius 1 is 1.13 bits per heavy atom. The van der Waals surface area contributed by atoms with Gasteiger partial charge in [-0.3, -0.25) is 14.0 Å². The number of anilines is 2. The van der Waals surface area contributed by atoms with Crippen LogP contribution in [0.25, 0.3) is 17.0 Å². The highest BCUT2D eigenvalue weighted by Gasteiger charge is 2.28. The van der Waals surface area contributed by atoms with Crippen LogP contribution in [0.5, 0.6) is 0 Å². The molecule has 2 aromatic heterocycles. The molecule has 0 aliphatic carbocycles. The third kappa shape index (κ3) is 3.65. The number of thioether (sulfide) groups is 1. The molecular formula is C22H17N5O2S. The summed E-state index contributed by atoms with van der Waals surface area (Å²) in [6, 6.07) is 16.9. The van der Waals surface area contributed by atoms with Gasteiger partial charge in [-0.15, -0.1) is 11.8 Å². The minimum absolute atomic E-state index is 0.102. The van der Waals surface area contributed by atoms with Crippen LogP contribution in [0.15, 0.2) is 78.1 Å². The SMILES string of the molecule is O=C(CC1Sc2ccccc2NC1=O)Nc1ccc(-c2cn3cccnc3n2)cc1. The van der Waals surface area contributed by atoms with Gasteiger partial charge in [-0.1, -0.05) is 24.3 Å². The molecule has 0 spiro atoms. The summed E-state index contributed by atoms with van der Waals surface area (Å²) in [7, 11) is 0. The lowest BCUT2D eigenvalue weighted by molar-refractivity contribution is -0.120. The summed E-state index contributed by atoms with van der Waals surface area (Å²) in [5, 5.41) is 5.28. The van der Waals surface area contributed by atoms with E-state index in [-0.39, 0.29) is 18.2 Å². The molecule has 7 nitrogen and oxygen atoms in total. The first-order chi connectivity index (χ1) is 14.7. The van der Waals surface area contributed by atoms with Gasteiger partial charge in [0.15, 0.2) is 0 Å². The molecule has 148 valence electrons. The Bertz CT molecular complexity index is 1220. The summed E-state index contributed by atoms with van der Waals surface area (Å²) in [6.07, 6.45) is 5.61. The van der Waals surface area contributed by atoms with Crippen molar-refractivity contribution in [1.29, 1.82) is 0 Å². The first-order valence-electron chi connectivity index (χ1n) is 9.42. The third-order valence-electron chi connectivity index (χ3n) is 4.78. The fourth-order valence-electron chi connectivity index (χ4n) is 3.30. The smallest absolute Gasteiger partial charge is 0.238 e. The van der Waals surface area contributed by atoms with Gasteiger partial charge in [0.05, 0.1) is 16.6 Å². The number of aromatic nitrogens is 3. The number of imidazole rings is 1. The number of benzene rings is 2. The molecule has 2 N–H and O–H groups in total. The fourth-order valence-corrected chi connectivity index (χ4v) is 4.41. The van der Waals surface area contributed by atoms with Gasteiger partial charge < -0.3 is 10.6 Å². The molecule has 0 saturated carbocycles.